The zero-order valence-corrected chi connectivity index (χ0v) is 27.4. The third-order valence-corrected chi connectivity index (χ3v) is 10.1. The molecule has 236 valence electrons. The lowest BCUT2D eigenvalue weighted by Gasteiger charge is -2.50. The van der Waals surface area contributed by atoms with Gasteiger partial charge in [0.2, 0.25) is 5.91 Å². The first-order chi connectivity index (χ1) is 21.1. The Bertz CT molecular complexity index is 1540. The number of amides is 2. The number of hydrogen-bond acceptors (Lipinski definition) is 6. The van der Waals surface area contributed by atoms with E-state index in [1.165, 1.54) is 12.5 Å². The summed E-state index contributed by atoms with van der Waals surface area (Å²) in [6.07, 6.45) is 5.91. The number of piperidine rings is 2. The van der Waals surface area contributed by atoms with Gasteiger partial charge >= 0.3 is 0 Å². The Morgan fingerprint density at radius 3 is 2.32 bits per heavy atom. The fourth-order valence-corrected chi connectivity index (χ4v) is 7.14. The average Bonchev–Trinajstić information content (AvgIpc) is 3.04. The van der Waals surface area contributed by atoms with Crippen LogP contribution >= 0.6 is 23.2 Å². The summed E-state index contributed by atoms with van der Waals surface area (Å²) in [7, 11) is 5.45. The van der Waals surface area contributed by atoms with E-state index in [0.717, 1.165) is 70.4 Å². The van der Waals surface area contributed by atoms with Crippen LogP contribution in [0.3, 0.4) is 0 Å². The second-order valence-corrected chi connectivity index (χ2v) is 13.3. The molecule has 0 spiro atoms. The molecule has 0 saturated carbocycles. The predicted octanol–water partition coefficient (Wildman–Crippen LogP) is 5.75. The van der Waals surface area contributed by atoms with Gasteiger partial charge in [-0.25, -0.2) is 0 Å². The monoisotopic (exact) mass is 640 g/mol. The third-order valence-electron chi connectivity index (χ3n) is 9.34. The number of carbonyl (C=O) groups excluding carboxylic acids is 2. The van der Waals surface area contributed by atoms with Crippen molar-refractivity contribution < 1.29 is 14.0 Å². The molecular formula is C34H42Cl2N4O4. The molecule has 2 fully saturated rings. The first-order valence-electron chi connectivity index (χ1n) is 15.5. The van der Waals surface area contributed by atoms with Crippen LogP contribution in [0, 0.1) is 0 Å². The minimum Gasteiger partial charge on any atom is -0.451 e. The number of hydrogen-bond donors (Lipinski definition) is 0. The van der Waals surface area contributed by atoms with Crippen molar-refractivity contribution in [1.29, 1.82) is 0 Å². The number of likely N-dealkylation sites (tertiary alicyclic amines) is 2. The van der Waals surface area contributed by atoms with Gasteiger partial charge in [-0.15, -0.1) is 0 Å². The summed E-state index contributed by atoms with van der Waals surface area (Å²) in [6, 6.07) is 13.8. The number of rotatable bonds is 9. The number of benzene rings is 2. The van der Waals surface area contributed by atoms with Crippen molar-refractivity contribution in [2.45, 2.75) is 50.0 Å². The molecule has 2 aliphatic rings. The van der Waals surface area contributed by atoms with Crippen LogP contribution in [0.1, 0.15) is 60.6 Å². The summed E-state index contributed by atoms with van der Waals surface area (Å²) in [5.41, 5.74) is 0.695. The molecule has 1 unspecified atom stereocenters. The van der Waals surface area contributed by atoms with Gasteiger partial charge < -0.3 is 19.1 Å². The lowest BCUT2D eigenvalue weighted by Crippen LogP contribution is -2.64. The SMILES string of the molecule is CN(C)C(=O)C1(N2CCCCC2)CCN(CCC(CN(C)C(=O)c2cc(=O)c3ccccc3o2)c2ccc(Cl)c(Cl)c2)CC1. The molecular weight excluding hydrogens is 599 g/mol. The molecule has 0 aliphatic carbocycles. The summed E-state index contributed by atoms with van der Waals surface area (Å²) in [6.45, 7) is 4.85. The minimum atomic E-state index is -0.431. The van der Waals surface area contributed by atoms with Crippen LogP contribution in [0.2, 0.25) is 10.0 Å². The van der Waals surface area contributed by atoms with Crippen LogP contribution in [0.4, 0.5) is 0 Å². The van der Waals surface area contributed by atoms with E-state index in [1.54, 1.807) is 47.2 Å². The molecule has 1 aromatic heterocycles. The minimum absolute atomic E-state index is 0.0136. The Morgan fingerprint density at radius 2 is 1.64 bits per heavy atom. The summed E-state index contributed by atoms with van der Waals surface area (Å²) in [4.78, 5) is 47.9. The first-order valence-corrected chi connectivity index (χ1v) is 16.3. The molecule has 1 atom stereocenters. The Hall–Kier alpha value is -2.91. The van der Waals surface area contributed by atoms with Crippen molar-refractivity contribution in [3.63, 3.8) is 0 Å². The topological polar surface area (TPSA) is 77.3 Å². The van der Waals surface area contributed by atoms with Crippen molar-refractivity contribution in [3.8, 4) is 0 Å². The van der Waals surface area contributed by atoms with Crippen LogP contribution in [-0.4, -0.2) is 97.4 Å². The van der Waals surface area contributed by atoms with Crippen LogP contribution in [-0.2, 0) is 4.79 Å². The zero-order chi connectivity index (χ0) is 31.4. The molecule has 2 aliphatic heterocycles. The molecule has 2 amide bonds. The van der Waals surface area contributed by atoms with Gasteiger partial charge in [-0.3, -0.25) is 19.3 Å². The van der Waals surface area contributed by atoms with Crippen molar-refractivity contribution in [1.82, 2.24) is 19.6 Å². The van der Waals surface area contributed by atoms with Gasteiger partial charge in [-0.2, -0.15) is 0 Å². The fraction of sp³-hybridized carbons (Fsp3) is 0.500. The predicted molar refractivity (Wildman–Crippen MR) is 176 cm³/mol. The van der Waals surface area contributed by atoms with E-state index in [4.69, 9.17) is 27.6 Å². The second-order valence-electron chi connectivity index (χ2n) is 12.4. The van der Waals surface area contributed by atoms with Gasteiger partial charge in [0.05, 0.1) is 15.4 Å². The van der Waals surface area contributed by atoms with Crippen molar-refractivity contribution >= 4 is 46.0 Å². The van der Waals surface area contributed by atoms with Gasteiger partial charge in [-0.05, 0) is 81.6 Å². The third kappa shape index (κ3) is 6.99. The summed E-state index contributed by atoms with van der Waals surface area (Å²) in [5, 5.41) is 1.39. The highest BCUT2D eigenvalue weighted by Crippen LogP contribution is 2.34. The molecule has 0 radical (unpaired) electrons. The van der Waals surface area contributed by atoms with Gasteiger partial charge in [0.15, 0.2) is 11.2 Å². The van der Waals surface area contributed by atoms with E-state index in [2.05, 4.69) is 9.80 Å². The van der Waals surface area contributed by atoms with Gasteiger partial charge in [-0.1, -0.05) is 47.8 Å². The number of fused-ring (bicyclic) bond motifs is 1. The maximum atomic E-state index is 13.5. The highest BCUT2D eigenvalue weighted by Gasteiger charge is 2.47. The maximum absolute atomic E-state index is 13.5. The highest BCUT2D eigenvalue weighted by molar-refractivity contribution is 6.42. The van der Waals surface area contributed by atoms with Crippen LogP contribution in [0.5, 0.6) is 0 Å². The Labute approximate surface area is 269 Å². The first kappa shape index (κ1) is 32.5. The maximum Gasteiger partial charge on any atom is 0.289 e. The molecule has 3 aromatic rings. The Morgan fingerprint density at radius 1 is 0.932 bits per heavy atom. The highest BCUT2D eigenvalue weighted by atomic mass is 35.5. The number of nitrogens with zero attached hydrogens (tertiary/aromatic N) is 4. The normalized spacial score (nSPS) is 18.2. The van der Waals surface area contributed by atoms with Gasteiger partial charge in [0.1, 0.15) is 11.1 Å². The van der Waals surface area contributed by atoms with Crippen LogP contribution < -0.4 is 5.43 Å². The Kier molecular flexibility index (Phi) is 10.4. The summed E-state index contributed by atoms with van der Waals surface area (Å²) >= 11 is 12.7. The molecule has 44 heavy (non-hydrogen) atoms. The largest absolute Gasteiger partial charge is 0.451 e. The molecule has 5 rings (SSSR count). The quantitative estimate of drug-likeness (QED) is 0.296. The standard InChI is InChI=1S/C34H42Cl2N4O4/c1-37(2)33(43)34(40-16-7-4-8-17-40)14-19-39(20-15-34)18-13-25(24-11-12-27(35)28(36)21-24)23-38(3)32(42)31-22-29(41)26-9-5-6-10-30(26)44-31/h5-6,9-12,21-22,25H,4,7-8,13-20,23H2,1-3H3. The fourth-order valence-electron chi connectivity index (χ4n) is 6.83. The van der Waals surface area contributed by atoms with E-state index in [1.807, 2.05) is 26.2 Å². The number of carbonyl (C=O) groups is 2. The number of halogens is 2. The van der Waals surface area contributed by atoms with Crippen molar-refractivity contribution in [2.75, 3.05) is 60.4 Å². The van der Waals surface area contributed by atoms with E-state index >= 15 is 0 Å². The van der Waals surface area contributed by atoms with Gasteiger partial charge in [0, 0.05) is 52.8 Å². The second kappa shape index (κ2) is 14.0. The van der Waals surface area contributed by atoms with Crippen LogP contribution in [0.15, 0.2) is 57.7 Å². The molecule has 0 bridgehead atoms. The zero-order valence-electron chi connectivity index (χ0n) is 25.9. The Balaban J connectivity index is 1.30. The van der Waals surface area contributed by atoms with Crippen molar-refractivity contribution in [2.24, 2.45) is 0 Å². The van der Waals surface area contributed by atoms with Crippen LogP contribution in [0.25, 0.3) is 11.0 Å². The van der Waals surface area contributed by atoms with E-state index in [9.17, 15) is 14.4 Å². The molecule has 2 saturated heterocycles. The molecule has 0 N–H and O–H groups in total. The summed E-state index contributed by atoms with van der Waals surface area (Å²) < 4.78 is 5.84. The van der Waals surface area contributed by atoms with E-state index in [0.29, 0.717) is 27.6 Å². The lowest BCUT2D eigenvalue weighted by atomic mass is 9.82. The molecule has 8 nitrogen and oxygen atoms in total. The molecule has 3 heterocycles. The van der Waals surface area contributed by atoms with E-state index in [-0.39, 0.29) is 28.9 Å². The van der Waals surface area contributed by atoms with Crippen molar-refractivity contribution in [3.05, 3.63) is 80.1 Å². The molecule has 10 heteroatoms. The smallest absolute Gasteiger partial charge is 0.289 e. The number of para-hydroxylation sites is 1. The van der Waals surface area contributed by atoms with E-state index < -0.39 is 5.54 Å². The average molecular weight is 642 g/mol. The van der Waals surface area contributed by atoms with Gasteiger partial charge in [0.25, 0.3) is 5.91 Å². The lowest BCUT2D eigenvalue weighted by molar-refractivity contribution is -0.147. The molecule has 2 aromatic carbocycles. The number of likely N-dealkylation sites (N-methyl/N-ethyl adjacent to an activating group) is 2. The summed E-state index contributed by atoms with van der Waals surface area (Å²) in [5.74, 6) is -0.166.